The molecule has 140 valence electrons. The largest absolute Gasteiger partial charge is 0.493 e. The Hall–Kier alpha value is -2.38. The summed E-state index contributed by atoms with van der Waals surface area (Å²) in [6, 6.07) is 8.80. The van der Waals surface area contributed by atoms with Gasteiger partial charge in [-0.15, -0.1) is 0 Å². The molecular formula is C19H17BrClN3O3. The fourth-order valence-electron chi connectivity index (χ4n) is 2.62. The molecule has 0 aliphatic heterocycles. The van der Waals surface area contributed by atoms with E-state index in [0.717, 1.165) is 4.47 Å². The van der Waals surface area contributed by atoms with E-state index < -0.39 is 0 Å². The second-order valence-electron chi connectivity index (χ2n) is 5.65. The Morgan fingerprint density at radius 1 is 1.33 bits per heavy atom. The molecule has 0 unspecified atom stereocenters. The molecule has 0 bridgehead atoms. The Morgan fingerprint density at radius 2 is 2.11 bits per heavy atom. The summed E-state index contributed by atoms with van der Waals surface area (Å²) in [6.45, 7) is 4.06. The summed E-state index contributed by atoms with van der Waals surface area (Å²) in [6.07, 6.45) is 1.53. The van der Waals surface area contributed by atoms with Crippen LogP contribution in [0.4, 0.5) is 0 Å². The highest BCUT2D eigenvalue weighted by atomic mass is 79.9. The molecule has 6 nitrogen and oxygen atoms in total. The highest BCUT2D eigenvalue weighted by Gasteiger charge is 2.12. The van der Waals surface area contributed by atoms with Gasteiger partial charge in [0, 0.05) is 4.47 Å². The number of benzene rings is 2. The second-order valence-corrected chi connectivity index (χ2v) is 6.97. The predicted octanol–water partition coefficient (Wildman–Crippen LogP) is 4.41. The van der Waals surface area contributed by atoms with Crippen LogP contribution < -0.4 is 15.0 Å². The summed E-state index contributed by atoms with van der Waals surface area (Å²) in [7, 11) is 1.54. The van der Waals surface area contributed by atoms with Crippen molar-refractivity contribution in [2.24, 2.45) is 5.10 Å². The van der Waals surface area contributed by atoms with Gasteiger partial charge in [-0.3, -0.25) is 4.79 Å². The molecule has 0 spiro atoms. The SMILES string of the molecule is CCOc1c(Cl)cc(C=Nn2c(C)nc3ccc(Br)cc3c2=O)cc1OC. The van der Waals surface area contributed by atoms with Gasteiger partial charge in [0.2, 0.25) is 0 Å². The van der Waals surface area contributed by atoms with E-state index in [0.29, 0.717) is 45.4 Å². The van der Waals surface area contributed by atoms with Gasteiger partial charge in [-0.25, -0.2) is 4.98 Å². The lowest BCUT2D eigenvalue weighted by atomic mass is 10.2. The molecule has 27 heavy (non-hydrogen) atoms. The molecule has 3 aromatic rings. The number of halogens is 2. The van der Waals surface area contributed by atoms with Gasteiger partial charge >= 0.3 is 0 Å². The molecular weight excluding hydrogens is 434 g/mol. The minimum Gasteiger partial charge on any atom is -0.493 e. The maximum Gasteiger partial charge on any atom is 0.282 e. The highest BCUT2D eigenvalue weighted by molar-refractivity contribution is 9.10. The van der Waals surface area contributed by atoms with Crippen molar-refractivity contribution in [3.05, 3.63) is 61.6 Å². The highest BCUT2D eigenvalue weighted by Crippen LogP contribution is 2.36. The Labute approximate surface area is 169 Å². The zero-order valence-corrected chi connectivity index (χ0v) is 17.3. The Balaban J connectivity index is 2.06. The monoisotopic (exact) mass is 449 g/mol. The van der Waals surface area contributed by atoms with Crippen molar-refractivity contribution >= 4 is 44.6 Å². The summed E-state index contributed by atoms with van der Waals surface area (Å²) in [5.41, 5.74) is 1.04. The van der Waals surface area contributed by atoms with Crippen molar-refractivity contribution in [3.63, 3.8) is 0 Å². The van der Waals surface area contributed by atoms with Gasteiger partial charge in [0.1, 0.15) is 5.82 Å². The molecule has 0 amide bonds. The predicted molar refractivity (Wildman–Crippen MR) is 111 cm³/mol. The number of rotatable bonds is 5. The van der Waals surface area contributed by atoms with Gasteiger partial charge in [0.25, 0.3) is 5.56 Å². The van der Waals surface area contributed by atoms with Crippen molar-refractivity contribution < 1.29 is 9.47 Å². The first-order chi connectivity index (χ1) is 12.9. The number of nitrogens with zero attached hydrogens (tertiary/aromatic N) is 3. The maximum atomic E-state index is 12.8. The van der Waals surface area contributed by atoms with Crippen molar-refractivity contribution in [2.75, 3.05) is 13.7 Å². The second kappa shape index (κ2) is 8.10. The standard InChI is InChI=1S/C19H17BrClN3O3/c1-4-27-18-15(21)7-12(8-17(18)26-3)10-22-24-11(2)23-16-6-5-13(20)9-14(16)19(24)25/h5-10H,4H2,1-3H3. The van der Waals surface area contributed by atoms with Crippen LogP contribution in [-0.4, -0.2) is 29.6 Å². The Kier molecular flexibility index (Phi) is 5.82. The zero-order chi connectivity index (χ0) is 19.6. The van der Waals surface area contributed by atoms with Crippen LogP contribution in [0.1, 0.15) is 18.3 Å². The third-order valence-electron chi connectivity index (χ3n) is 3.83. The number of aryl methyl sites for hydroxylation is 1. The van der Waals surface area contributed by atoms with E-state index in [4.69, 9.17) is 21.1 Å². The van der Waals surface area contributed by atoms with Crippen molar-refractivity contribution in [1.29, 1.82) is 0 Å². The van der Waals surface area contributed by atoms with Crippen LogP contribution in [0.3, 0.4) is 0 Å². The first-order valence-electron chi connectivity index (χ1n) is 8.18. The van der Waals surface area contributed by atoms with Crippen molar-refractivity contribution in [2.45, 2.75) is 13.8 Å². The average Bonchev–Trinajstić information content (AvgIpc) is 2.64. The third-order valence-corrected chi connectivity index (χ3v) is 4.61. The zero-order valence-electron chi connectivity index (χ0n) is 15.0. The first-order valence-corrected chi connectivity index (χ1v) is 9.35. The number of methoxy groups -OCH3 is 1. The van der Waals surface area contributed by atoms with E-state index in [9.17, 15) is 4.79 Å². The van der Waals surface area contributed by atoms with Gasteiger partial charge in [0.15, 0.2) is 11.5 Å². The normalized spacial score (nSPS) is 11.3. The van der Waals surface area contributed by atoms with Gasteiger partial charge in [-0.05, 0) is 49.7 Å². The molecule has 1 heterocycles. The van der Waals surface area contributed by atoms with E-state index >= 15 is 0 Å². The average molecular weight is 451 g/mol. The fraction of sp³-hybridized carbons (Fsp3) is 0.211. The number of aromatic nitrogens is 2. The van der Waals surface area contributed by atoms with Crippen LogP contribution in [0, 0.1) is 6.92 Å². The summed E-state index contributed by atoms with van der Waals surface area (Å²) in [5, 5.41) is 5.18. The fourth-order valence-corrected chi connectivity index (χ4v) is 3.25. The van der Waals surface area contributed by atoms with Gasteiger partial charge in [-0.1, -0.05) is 27.5 Å². The lowest BCUT2D eigenvalue weighted by Crippen LogP contribution is -2.20. The molecule has 0 aliphatic carbocycles. The van der Waals surface area contributed by atoms with Crippen molar-refractivity contribution in [3.8, 4) is 11.5 Å². The lowest BCUT2D eigenvalue weighted by molar-refractivity contribution is 0.311. The quantitative estimate of drug-likeness (QED) is 0.540. The molecule has 0 fully saturated rings. The summed E-state index contributed by atoms with van der Waals surface area (Å²) < 4.78 is 12.9. The van der Waals surface area contributed by atoms with Crippen LogP contribution in [0.2, 0.25) is 5.02 Å². The Bertz CT molecular complexity index is 1100. The summed E-state index contributed by atoms with van der Waals surface area (Å²) >= 11 is 9.65. The van der Waals surface area contributed by atoms with Gasteiger partial charge < -0.3 is 9.47 Å². The number of fused-ring (bicyclic) bond motifs is 1. The molecule has 0 saturated carbocycles. The summed E-state index contributed by atoms with van der Waals surface area (Å²) in [5.74, 6) is 1.45. The maximum absolute atomic E-state index is 12.8. The molecule has 0 radical (unpaired) electrons. The lowest BCUT2D eigenvalue weighted by Gasteiger charge is -2.12. The molecule has 1 aromatic heterocycles. The first kappa shape index (κ1) is 19.4. The van der Waals surface area contributed by atoms with E-state index in [-0.39, 0.29) is 5.56 Å². The van der Waals surface area contributed by atoms with Crippen LogP contribution in [-0.2, 0) is 0 Å². The molecule has 3 rings (SSSR count). The minimum absolute atomic E-state index is 0.251. The summed E-state index contributed by atoms with van der Waals surface area (Å²) in [4.78, 5) is 17.2. The smallest absolute Gasteiger partial charge is 0.282 e. The van der Waals surface area contributed by atoms with Crippen LogP contribution >= 0.6 is 27.5 Å². The molecule has 2 aromatic carbocycles. The molecule has 8 heteroatoms. The molecule has 0 atom stereocenters. The third kappa shape index (κ3) is 3.99. The van der Waals surface area contributed by atoms with E-state index in [2.05, 4.69) is 26.0 Å². The van der Waals surface area contributed by atoms with Gasteiger partial charge in [0.05, 0.1) is 35.9 Å². The molecule has 0 aliphatic rings. The molecule has 0 saturated heterocycles. The Morgan fingerprint density at radius 3 is 2.81 bits per heavy atom. The van der Waals surface area contributed by atoms with Crippen molar-refractivity contribution in [1.82, 2.24) is 9.66 Å². The minimum atomic E-state index is -0.251. The number of ether oxygens (including phenoxy) is 2. The van der Waals surface area contributed by atoms with E-state index in [1.54, 1.807) is 31.2 Å². The number of hydrogen-bond acceptors (Lipinski definition) is 5. The van der Waals surface area contributed by atoms with Crippen LogP contribution in [0.25, 0.3) is 10.9 Å². The van der Waals surface area contributed by atoms with Gasteiger partial charge in [-0.2, -0.15) is 9.78 Å². The number of hydrogen-bond donors (Lipinski definition) is 0. The molecule has 0 N–H and O–H groups in total. The topological polar surface area (TPSA) is 65.7 Å². The van der Waals surface area contributed by atoms with E-state index in [1.807, 2.05) is 13.0 Å². The van der Waals surface area contributed by atoms with Crippen LogP contribution in [0.15, 0.2) is 44.7 Å². The van der Waals surface area contributed by atoms with Crippen LogP contribution in [0.5, 0.6) is 11.5 Å². The van der Waals surface area contributed by atoms with E-state index in [1.165, 1.54) is 18.0 Å².